The number of rotatable bonds is 0. The van der Waals surface area contributed by atoms with Gasteiger partial charge in [0.1, 0.15) is 10.2 Å². The van der Waals surface area contributed by atoms with Gasteiger partial charge in [0.2, 0.25) is 0 Å². The van der Waals surface area contributed by atoms with Crippen LogP contribution in [0.2, 0.25) is 0 Å². The lowest BCUT2D eigenvalue weighted by molar-refractivity contribution is 0.0903. The predicted molar refractivity (Wildman–Crippen MR) is 57.5 cm³/mol. The molecule has 0 spiro atoms. The normalized spacial score (nSPS) is 26.1. The number of hydrogen-bond donors (Lipinski definition) is 0. The van der Waals surface area contributed by atoms with Crippen molar-refractivity contribution in [3.63, 3.8) is 0 Å². The van der Waals surface area contributed by atoms with Crippen molar-refractivity contribution >= 4 is 39.1 Å². The summed E-state index contributed by atoms with van der Waals surface area (Å²) in [4.78, 5) is 22.7. The number of Topliss-reactive ketones (excluding diaryl/α,β-unsaturated/α-hetero) is 2. The quantitative estimate of drug-likeness (QED) is 0.680. The van der Waals surface area contributed by atoms with Crippen LogP contribution < -0.4 is 0 Å². The third-order valence-electron chi connectivity index (χ3n) is 2.22. The summed E-state index contributed by atoms with van der Waals surface area (Å²) in [5.74, 6) is -0.316. The molecular weight excluding hydrogens is 267 g/mol. The van der Waals surface area contributed by atoms with Gasteiger partial charge in [-0.2, -0.15) is 0 Å². The first kappa shape index (κ1) is 9.87. The van der Waals surface area contributed by atoms with Gasteiger partial charge in [0.25, 0.3) is 0 Å². The summed E-state index contributed by atoms with van der Waals surface area (Å²) in [6.07, 6.45) is 0. The van der Waals surface area contributed by atoms with E-state index in [1.165, 1.54) is 0 Å². The zero-order valence-electron chi connectivity index (χ0n) is 7.04. The fourth-order valence-electron chi connectivity index (χ4n) is 1.48. The molecule has 4 heteroatoms. The number of benzene rings is 1. The molecule has 1 aliphatic rings. The second-order valence-electron chi connectivity index (χ2n) is 3.08. The van der Waals surface area contributed by atoms with Crippen molar-refractivity contribution in [1.82, 2.24) is 0 Å². The fourth-order valence-corrected chi connectivity index (χ4v) is 2.19. The average Bonchev–Trinajstić information content (AvgIpc) is 2.23. The molecule has 0 saturated heterocycles. The second-order valence-corrected chi connectivity index (χ2v) is 4.53. The highest BCUT2D eigenvalue weighted by Crippen LogP contribution is 2.29. The van der Waals surface area contributed by atoms with Gasteiger partial charge in [0.05, 0.1) is 0 Å². The highest BCUT2D eigenvalue weighted by molar-refractivity contribution is 9.10. The van der Waals surface area contributed by atoms with Crippen LogP contribution in [0.25, 0.3) is 0 Å². The van der Waals surface area contributed by atoms with Crippen LogP contribution in [0.5, 0.6) is 0 Å². The van der Waals surface area contributed by atoms with Gasteiger partial charge in [-0.25, -0.2) is 0 Å². The van der Waals surface area contributed by atoms with Gasteiger partial charge in [-0.15, -0.1) is 11.6 Å². The Kier molecular flexibility index (Phi) is 2.45. The van der Waals surface area contributed by atoms with E-state index in [1.54, 1.807) is 24.3 Å². The average molecular weight is 274 g/mol. The van der Waals surface area contributed by atoms with Crippen molar-refractivity contribution in [2.24, 2.45) is 0 Å². The minimum atomic E-state index is -0.794. The minimum absolute atomic E-state index is 0.125. The molecule has 0 heterocycles. The van der Waals surface area contributed by atoms with Gasteiger partial charge in [-0.3, -0.25) is 9.59 Å². The highest BCUT2D eigenvalue weighted by Gasteiger charge is 2.38. The van der Waals surface area contributed by atoms with E-state index < -0.39 is 10.2 Å². The Balaban J connectivity index is 2.62. The third-order valence-corrected chi connectivity index (χ3v) is 3.91. The van der Waals surface area contributed by atoms with E-state index in [4.69, 9.17) is 11.6 Å². The molecule has 2 nitrogen and oxygen atoms in total. The largest absolute Gasteiger partial charge is 0.293 e. The first-order chi connectivity index (χ1) is 6.63. The first-order valence-corrected chi connectivity index (χ1v) is 5.43. The fraction of sp³-hybridized carbons (Fsp3) is 0.200. The summed E-state index contributed by atoms with van der Waals surface area (Å²) in [5.41, 5.74) is 0.879. The number of hydrogen-bond acceptors (Lipinski definition) is 2. The summed E-state index contributed by atoms with van der Waals surface area (Å²) in [5, 5.41) is -0.794. The molecule has 1 aromatic carbocycles. The van der Waals surface area contributed by atoms with E-state index in [0.717, 1.165) is 0 Å². The maximum Gasteiger partial charge on any atom is 0.183 e. The van der Waals surface area contributed by atoms with Crippen LogP contribution in [0, 0.1) is 0 Å². The summed E-state index contributed by atoms with van der Waals surface area (Å²) < 4.78 is 0. The van der Waals surface area contributed by atoms with Crippen LogP contribution in [0.4, 0.5) is 0 Å². The van der Waals surface area contributed by atoms with E-state index in [1.807, 2.05) is 0 Å². The number of alkyl halides is 2. The van der Waals surface area contributed by atoms with Crippen molar-refractivity contribution in [2.45, 2.75) is 10.2 Å². The van der Waals surface area contributed by atoms with Gasteiger partial charge >= 0.3 is 0 Å². The Hall–Kier alpha value is -0.670. The number of fused-ring (bicyclic) bond motifs is 1. The molecule has 0 saturated carbocycles. The zero-order valence-corrected chi connectivity index (χ0v) is 9.38. The van der Waals surface area contributed by atoms with E-state index in [-0.39, 0.29) is 11.6 Å². The number of carbonyl (C=O) groups is 2. The molecule has 0 bridgehead atoms. The Morgan fingerprint density at radius 2 is 1.57 bits per heavy atom. The van der Waals surface area contributed by atoms with E-state index in [0.29, 0.717) is 11.1 Å². The molecule has 72 valence electrons. The van der Waals surface area contributed by atoms with Crippen molar-refractivity contribution in [1.29, 1.82) is 0 Å². The van der Waals surface area contributed by atoms with Crippen LogP contribution >= 0.6 is 27.5 Å². The van der Waals surface area contributed by atoms with Crippen molar-refractivity contribution in [3.8, 4) is 0 Å². The molecule has 0 fully saturated rings. The standard InChI is InChI=1S/C10H6BrClO2/c11-7-8(12)10(14)6-4-2-1-3-5(6)9(7)13/h1-4,7-8H. The second kappa shape index (κ2) is 3.48. The van der Waals surface area contributed by atoms with E-state index >= 15 is 0 Å². The maximum absolute atomic E-state index is 11.7. The number of ketones is 2. The van der Waals surface area contributed by atoms with Gasteiger partial charge in [0, 0.05) is 11.1 Å². The van der Waals surface area contributed by atoms with Gasteiger partial charge < -0.3 is 0 Å². The van der Waals surface area contributed by atoms with Gasteiger partial charge in [-0.1, -0.05) is 40.2 Å². The van der Waals surface area contributed by atoms with Crippen LogP contribution in [0.1, 0.15) is 20.7 Å². The Morgan fingerprint density at radius 3 is 2.14 bits per heavy atom. The molecule has 0 N–H and O–H groups in total. The zero-order chi connectivity index (χ0) is 10.3. The van der Waals surface area contributed by atoms with Gasteiger partial charge in [0.15, 0.2) is 11.6 Å². The number of halogens is 2. The molecule has 2 atom stereocenters. The predicted octanol–water partition coefficient (Wildman–Crippen LogP) is 2.44. The summed E-state index contributed by atoms with van der Waals surface area (Å²) >= 11 is 8.95. The molecule has 2 unspecified atom stereocenters. The van der Waals surface area contributed by atoms with Crippen molar-refractivity contribution in [3.05, 3.63) is 35.4 Å². The lowest BCUT2D eigenvalue weighted by atomic mass is 9.89. The molecule has 0 aliphatic heterocycles. The molecule has 14 heavy (non-hydrogen) atoms. The van der Waals surface area contributed by atoms with Crippen LogP contribution in [0.3, 0.4) is 0 Å². The smallest absolute Gasteiger partial charge is 0.183 e. The SMILES string of the molecule is O=C1c2ccccc2C(=O)C(Br)C1Cl. The summed E-state index contributed by atoms with van der Waals surface area (Å²) in [6.45, 7) is 0. The third kappa shape index (κ3) is 1.31. The molecule has 0 aromatic heterocycles. The molecule has 1 aromatic rings. The molecular formula is C10H6BrClO2. The van der Waals surface area contributed by atoms with E-state index in [9.17, 15) is 9.59 Å². The monoisotopic (exact) mass is 272 g/mol. The lowest BCUT2D eigenvalue weighted by Crippen LogP contribution is -2.37. The van der Waals surface area contributed by atoms with Crippen LogP contribution in [0.15, 0.2) is 24.3 Å². The van der Waals surface area contributed by atoms with Crippen molar-refractivity contribution < 1.29 is 9.59 Å². The molecule has 1 aliphatic carbocycles. The highest BCUT2D eigenvalue weighted by atomic mass is 79.9. The molecule has 2 rings (SSSR count). The minimum Gasteiger partial charge on any atom is -0.293 e. The molecule has 0 amide bonds. The maximum atomic E-state index is 11.7. The lowest BCUT2D eigenvalue weighted by Gasteiger charge is -2.22. The Labute approximate surface area is 94.4 Å². The topological polar surface area (TPSA) is 34.1 Å². The number of carbonyl (C=O) groups excluding carboxylic acids is 2. The summed E-state index contributed by atoms with van der Waals surface area (Å²) in [7, 11) is 0. The Morgan fingerprint density at radius 1 is 1.07 bits per heavy atom. The van der Waals surface area contributed by atoms with Crippen LogP contribution in [-0.4, -0.2) is 21.8 Å². The van der Waals surface area contributed by atoms with Crippen molar-refractivity contribution in [2.75, 3.05) is 0 Å². The molecule has 0 radical (unpaired) electrons. The summed E-state index contributed by atoms with van der Waals surface area (Å²) in [6, 6.07) is 6.73. The Bertz CT molecular complexity index is 377. The van der Waals surface area contributed by atoms with Gasteiger partial charge in [-0.05, 0) is 0 Å². The van der Waals surface area contributed by atoms with E-state index in [2.05, 4.69) is 15.9 Å². The van der Waals surface area contributed by atoms with Crippen LogP contribution in [-0.2, 0) is 0 Å². The first-order valence-electron chi connectivity index (χ1n) is 4.08.